The highest BCUT2D eigenvalue weighted by Gasteiger charge is 2.41. The summed E-state index contributed by atoms with van der Waals surface area (Å²) in [7, 11) is 3.73. The molecule has 30 heavy (non-hydrogen) atoms. The molecule has 3 saturated heterocycles. The predicted octanol–water partition coefficient (Wildman–Crippen LogP) is 2.98. The van der Waals surface area contributed by atoms with E-state index >= 15 is 0 Å². The van der Waals surface area contributed by atoms with Crippen LogP contribution in [-0.2, 0) is 7.05 Å². The third-order valence-corrected chi connectivity index (χ3v) is 6.48. The van der Waals surface area contributed by atoms with E-state index in [1.54, 1.807) is 7.11 Å². The smallest absolute Gasteiger partial charge is 0.315 e. The SMILES string of the molecule is COc1ccc(-c2cc([C@H]3CN4CC[C@@H]3C[C@@H]4CNC(=O)NC(C)C)n(C)n2)cc1. The number of piperidine rings is 3. The van der Waals surface area contributed by atoms with Gasteiger partial charge in [-0.25, -0.2) is 4.79 Å². The van der Waals surface area contributed by atoms with Gasteiger partial charge in [-0.05, 0) is 69.5 Å². The van der Waals surface area contributed by atoms with Gasteiger partial charge in [0.05, 0.1) is 12.8 Å². The van der Waals surface area contributed by atoms with Crippen molar-refractivity contribution in [3.8, 4) is 17.0 Å². The van der Waals surface area contributed by atoms with Crippen molar-refractivity contribution in [2.45, 2.75) is 44.7 Å². The third kappa shape index (κ3) is 4.31. The molecular formula is C23H33N5O2. The summed E-state index contributed by atoms with van der Waals surface area (Å²) in [6, 6.07) is 10.8. The summed E-state index contributed by atoms with van der Waals surface area (Å²) < 4.78 is 7.32. The van der Waals surface area contributed by atoms with E-state index in [1.807, 2.05) is 26.0 Å². The molecule has 2 bridgehead atoms. The molecule has 2 aromatic rings. The highest BCUT2D eigenvalue weighted by Crippen LogP contribution is 2.42. The van der Waals surface area contributed by atoms with E-state index in [0.717, 1.165) is 36.5 Å². The molecule has 1 aromatic heterocycles. The number of nitrogens with one attached hydrogen (secondary N) is 2. The molecular weight excluding hydrogens is 378 g/mol. The summed E-state index contributed by atoms with van der Waals surface area (Å²) >= 11 is 0. The lowest BCUT2D eigenvalue weighted by Crippen LogP contribution is -2.57. The number of methoxy groups -OCH3 is 1. The Hall–Kier alpha value is -2.54. The van der Waals surface area contributed by atoms with Crippen molar-refractivity contribution >= 4 is 6.03 Å². The van der Waals surface area contributed by atoms with E-state index < -0.39 is 0 Å². The van der Waals surface area contributed by atoms with Crippen LogP contribution in [0.2, 0.25) is 0 Å². The van der Waals surface area contributed by atoms with Gasteiger partial charge in [0, 0.05) is 49.4 Å². The van der Waals surface area contributed by atoms with Gasteiger partial charge in [0.25, 0.3) is 0 Å². The molecule has 3 fully saturated rings. The second-order valence-electron chi connectivity index (χ2n) is 8.86. The lowest BCUT2D eigenvalue weighted by atomic mass is 9.74. The molecule has 0 saturated carbocycles. The van der Waals surface area contributed by atoms with Crippen molar-refractivity contribution in [2.75, 3.05) is 26.7 Å². The van der Waals surface area contributed by atoms with Gasteiger partial charge in [0.15, 0.2) is 0 Å². The fourth-order valence-electron chi connectivity index (χ4n) is 4.94. The van der Waals surface area contributed by atoms with Crippen LogP contribution in [0.4, 0.5) is 4.79 Å². The number of aromatic nitrogens is 2. The molecule has 3 aliphatic rings. The number of nitrogens with zero attached hydrogens (tertiary/aromatic N) is 3. The Morgan fingerprint density at radius 1 is 1.30 bits per heavy atom. The first-order valence-electron chi connectivity index (χ1n) is 10.9. The number of ether oxygens (including phenoxy) is 1. The topological polar surface area (TPSA) is 71.4 Å². The number of benzene rings is 1. The van der Waals surface area contributed by atoms with E-state index in [0.29, 0.717) is 24.4 Å². The zero-order valence-corrected chi connectivity index (χ0v) is 18.4. The quantitative estimate of drug-likeness (QED) is 0.767. The molecule has 4 atom stereocenters. The van der Waals surface area contributed by atoms with Crippen LogP contribution in [0.15, 0.2) is 30.3 Å². The number of aryl methyl sites for hydroxylation is 1. The molecule has 7 heteroatoms. The van der Waals surface area contributed by atoms with Gasteiger partial charge < -0.3 is 15.4 Å². The molecule has 0 aliphatic carbocycles. The minimum Gasteiger partial charge on any atom is -0.497 e. The number of urea groups is 1. The van der Waals surface area contributed by atoms with Crippen LogP contribution in [0.1, 0.15) is 38.3 Å². The lowest BCUT2D eigenvalue weighted by Gasteiger charge is -2.49. The van der Waals surface area contributed by atoms with Gasteiger partial charge in [-0.1, -0.05) is 0 Å². The van der Waals surface area contributed by atoms with Gasteiger partial charge in [0.1, 0.15) is 5.75 Å². The Balaban J connectivity index is 1.43. The van der Waals surface area contributed by atoms with Gasteiger partial charge in [-0.2, -0.15) is 5.10 Å². The Bertz CT molecular complexity index is 876. The van der Waals surface area contributed by atoms with Gasteiger partial charge in [0.2, 0.25) is 0 Å². The van der Waals surface area contributed by atoms with Crippen molar-refractivity contribution in [3.05, 3.63) is 36.0 Å². The van der Waals surface area contributed by atoms with Crippen LogP contribution in [0, 0.1) is 5.92 Å². The van der Waals surface area contributed by atoms with E-state index in [-0.39, 0.29) is 12.1 Å². The van der Waals surface area contributed by atoms with Crippen LogP contribution >= 0.6 is 0 Å². The van der Waals surface area contributed by atoms with Crippen molar-refractivity contribution in [1.29, 1.82) is 0 Å². The van der Waals surface area contributed by atoms with Crippen LogP contribution in [0.25, 0.3) is 11.3 Å². The molecule has 0 spiro atoms. The van der Waals surface area contributed by atoms with Crippen molar-refractivity contribution in [3.63, 3.8) is 0 Å². The van der Waals surface area contributed by atoms with Crippen LogP contribution in [0.5, 0.6) is 5.75 Å². The Morgan fingerprint density at radius 2 is 2.07 bits per heavy atom. The second-order valence-corrected chi connectivity index (χ2v) is 8.86. The minimum atomic E-state index is -0.0695. The number of rotatable bonds is 6. The van der Waals surface area contributed by atoms with E-state index in [2.05, 4.69) is 45.5 Å². The first-order valence-corrected chi connectivity index (χ1v) is 10.9. The molecule has 3 aliphatic heterocycles. The lowest BCUT2D eigenvalue weighted by molar-refractivity contribution is 0.0294. The zero-order chi connectivity index (χ0) is 21.3. The van der Waals surface area contributed by atoms with Crippen molar-refractivity contribution in [1.82, 2.24) is 25.3 Å². The number of amides is 2. The number of hydrogen-bond acceptors (Lipinski definition) is 4. The molecule has 162 valence electrons. The summed E-state index contributed by atoms with van der Waals surface area (Å²) in [5.74, 6) is 1.98. The second kappa shape index (κ2) is 8.68. The predicted molar refractivity (Wildman–Crippen MR) is 118 cm³/mol. The Morgan fingerprint density at radius 3 is 2.70 bits per heavy atom. The van der Waals surface area contributed by atoms with E-state index in [4.69, 9.17) is 9.84 Å². The maximum atomic E-state index is 12.0. The minimum absolute atomic E-state index is 0.0695. The first kappa shape index (κ1) is 20.7. The standard InChI is InChI=1S/C23H33N5O2/c1-15(2)25-23(29)24-13-18-11-17-9-10-28(18)14-20(17)22-12-21(26-27(22)3)16-5-7-19(30-4)8-6-16/h5-8,12,15,17-18,20H,9-11,13-14H2,1-4H3,(H2,24,25,29)/t17-,18-,20+/m1/s1. The molecule has 2 N–H and O–H groups in total. The largest absolute Gasteiger partial charge is 0.497 e. The highest BCUT2D eigenvalue weighted by molar-refractivity contribution is 5.74. The first-order chi connectivity index (χ1) is 14.4. The van der Waals surface area contributed by atoms with Gasteiger partial charge >= 0.3 is 6.03 Å². The average molecular weight is 412 g/mol. The summed E-state index contributed by atoms with van der Waals surface area (Å²) in [6.45, 7) is 6.81. The molecule has 7 nitrogen and oxygen atoms in total. The van der Waals surface area contributed by atoms with Crippen LogP contribution < -0.4 is 15.4 Å². The summed E-state index contributed by atoms with van der Waals surface area (Å²) in [4.78, 5) is 14.5. The molecule has 1 unspecified atom stereocenters. The third-order valence-electron chi connectivity index (χ3n) is 6.48. The molecule has 1 aromatic carbocycles. The summed E-state index contributed by atoms with van der Waals surface area (Å²) in [6.07, 6.45) is 2.33. The monoisotopic (exact) mass is 411 g/mol. The number of hydrogen-bond donors (Lipinski definition) is 2. The number of fused-ring (bicyclic) bond motifs is 3. The fraction of sp³-hybridized carbons (Fsp3) is 0.565. The molecule has 2 amide bonds. The van der Waals surface area contributed by atoms with Gasteiger partial charge in [-0.3, -0.25) is 9.58 Å². The van der Waals surface area contributed by atoms with Crippen LogP contribution in [-0.4, -0.2) is 59.5 Å². The molecule has 0 radical (unpaired) electrons. The Kier molecular flexibility index (Phi) is 5.99. The van der Waals surface area contributed by atoms with E-state index in [1.165, 1.54) is 12.1 Å². The van der Waals surface area contributed by atoms with Crippen LogP contribution in [0.3, 0.4) is 0 Å². The van der Waals surface area contributed by atoms with E-state index in [9.17, 15) is 4.79 Å². The normalized spacial score (nSPS) is 25.4. The molecule has 5 rings (SSSR count). The highest BCUT2D eigenvalue weighted by atomic mass is 16.5. The Labute approximate surface area is 178 Å². The maximum absolute atomic E-state index is 12.0. The maximum Gasteiger partial charge on any atom is 0.315 e. The summed E-state index contributed by atoms with van der Waals surface area (Å²) in [5.41, 5.74) is 3.42. The van der Waals surface area contributed by atoms with Crippen molar-refractivity contribution < 1.29 is 9.53 Å². The molecule has 4 heterocycles. The van der Waals surface area contributed by atoms with Crippen molar-refractivity contribution in [2.24, 2.45) is 13.0 Å². The number of carbonyl (C=O) groups excluding carboxylic acids is 1. The fourth-order valence-corrected chi connectivity index (χ4v) is 4.94. The van der Waals surface area contributed by atoms with Gasteiger partial charge in [-0.15, -0.1) is 0 Å². The summed E-state index contributed by atoms with van der Waals surface area (Å²) in [5, 5.41) is 10.7. The number of carbonyl (C=O) groups is 1. The zero-order valence-electron chi connectivity index (χ0n) is 18.4. The average Bonchev–Trinajstić information content (AvgIpc) is 3.13.